The molecule has 0 radical (unpaired) electrons. The zero-order chi connectivity index (χ0) is 23.5. The summed E-state index contributed by atoms with van der Waals surface area (Å²) >= 11 is 5.94. The van der Waals surface area contributed by atoms with E-state index in [-0.39, 0.29) is 26.4 Å². The Morgan fingerprint density at radius 3 is 0.969 bits per heavy atom. The molecule has 3 rings (SSSR count). The number of hydrogen-bond donors (Lipinski definition) is 0. The van der Waals surface area contributed by atoms with Crippen molar-refractivity contribution in [2.45, 2.75) is 55.4 Å². The van der Waals surface area contributed by atoms with Gasteiger partial charge in [0.05, 0.1) is 0 Å². The van der Waals surface area contributed by atoms with Crippen LogP contribution in [0.1, 0.15) is 27.7 Å². The summed E-state index contributed by atoms with van der Waals surface area (Å²) in [5, 5.41) is 0. The molecule has 0 atom stereocenters. The summed E-state index contributed by atoms with van der Waals surface area (Å²) in [5.74, 6) is -1.62. The SMILES string of the molecule is CC(=O)OCC1(COC(C)=O)Sc2cc3c(cc2S1)SC(COC(C)=O)(COC(C)=O)S3. The van der Waals surface area contributed by atoms with Crippen LogP contribution in [0.5, 0.6) is 0 Å². The molecule has 0 aliphatic carbocycles. The van der Waals surface area contributed by atoms with Crippen LogP contribution in [0, 0.1) is 0 Å². The molecule has 12 heteroatoms. The fourth-order valence-electron chi connectivity index (χ4n) is 2.85. The van der Waals surface area contributed by atoms with E-state index in [0.717, 1.165) is 19.6 Å². The van der Waals surface area contributed by atoms with Crippen LogP contribution < -0.4 is 0 Å². The Morgan fingerprint density at radius 2 is 0.781 bits per heavy atom. The predicted octanol–water partition coefficient (Wildman–Crippen LogP) is 3.73. The number of carbonyl (C=O) groups is 4. The molecule has 0 saturated heterocycles. The van der Waals surface area contributed by atoms with Crippen molar-refractivity contribution in [3.63, 3.8) is 0 Å². The summed E-state index contributed by atoms with van der Waals surface area (Å²) in [6, 6.07) is 4.04. The maximum atomic E-state index is 11.4. The fraction of sp³-hybridized carbons (Fsp3) is 0.500. The number of ether oxygens (including phenoxy) is 4. The van der Waals surface area contributed by atoms with Crippen molar-refractivity contribution >= 4 is 70.9 Å². The van der Waals surface area contributed by atoms with Crippen LogP contribution in [-0.4, -0.2) is 58.5 Å². The largest absolute Gasteiger partial charge is 0.463 e. The average Bonchev–Trinajstić information content (AvgIpc) is 3.23. The van der Waals surface area contributed by atoms with Crippen LogP contribution in [0.4, 0.5) is 0 Å². The molecule has 0 saturated carbocycles. The maximum Gasteiger partial charge on any atom is 0.302 e. The molecular formula is C20H22O8S4. The molecule has 0 N–H and O–H groups in total. The van der Waals surface area contributed by atoms with Gasteiger partial charge in [-0.15, -0.1) is 0 Å². The van der Waals surface area contributed by atoms with Gasteiger partial charge in [-0.1, -0.05) is 47.0 Å². The summed E-state index contributed by atoms with van der Waals surface area (Å²) in [6.45, 7) is 5.71. The second-order valence-corrected chi connectivity index (χ2v) is 13.3. The summed E-state index contributed by atoms with van der Waals surface area (Å²) in [6.07, 6.45) is 0. The van der Waals surface area contributed by atoms with Crippen LogP contribution in [0.2, 0.25) is 0 Å². The van der Waals surface area contributed by atoms with Gasteiger partial charge in [0.25, 0.3) is 0 Å². The Morgan fingerprint density at radius 1 is 0.562 bits per heavy atom. The van der Waals surface area contributed by atoms with Crippen molar-refractivity contribution < 1.29 is 38.1 Å². The van der Waals surface area contributed by atoms with Crippen molar-refractivity contribution in [2.24, 2.45) is 0 Å². The molecule has 32 heavy (non-hydrogen) atoms. The molecule has 0 aromatic heterocycles. The molecule has 1 aromatic rings. The van der Waals surface area contributed by atoms with E-state index < -0.39 is 32.0 Å². The van der Waals surface area contributed by atoms with E-state index in [2.05, 4.69) is 0 Å². The third-order valence-electron chi connectivity index (χ3n) is 4.18. The van der Waals surface area contributed by atoms with Gasteiger partial charge < -0.3 is 18.9 Å². The minimum Gasteiger partial charge on any atom is -0.463 e. The van der Waals surface area contributed by atoms with E-state index in [9.17, 15) is 19.2 Å². The van der Waals surface area contributed by atoms with Crippen LogP contribution in [0.3, 0.4) is 0 Å². The Bertz CT molecular complexity index is 802. The molecule has 1 aromatic carbocycles. The number of fused-ring (bicyclic) bond motifs is 2. The monoisotopic (exact) mass is 518 g/mol. The highest BCUT2D eigenvalue weighted by Gasteiger charge is 2.46. The average molecular weight is 519 g/mol. The molecular weight excluding hydrogens is 496 g/mol. The predicted molar refractivity (Wildman–Crippen MR) is 122 cm³/mol. The normalized spacial score (nSPS) is 17.1. The highest BCUT2D eigenvalue weighted by atomic mass is 32.2. The van der Waals surface area contributed by atoms with Gasteiger partial charge in [0, 0.05) is 47.3 Å². The zero-order valence-corrected chi connectivity index (χ0v) is 21.1. The molecule has 174 valence electrons. The van der Waals surface area contributed by atoms with E-state index in [1.807, 2.05) is 12.1 Å². The first-order valence-corrected chi connectivity index (χ1v) is 12.8. The Hall–Kier alpha value is -1.50. The molecule has 0 amide bonds. The topological polar surface area (TPSA) is 105 Å². The zero-order valence-electron chi connectivity index (χ0n) is 17.9. The van der Waals surface area contributed by atoms with Gasteiger partial charge in [0.1, 0.15) is 34.6 Å². The lowest BCUT2D eigenvalue weighted by Gasteiger charge is -2.26. The molecule has 2 heterocycles. The number of esters is 4. The number of carbonyl (C=O) groups excluding carboxylic acids is 4. The van der Waals surface area contributed by atoms with E-state index >= 15 is 0 Å². The van der Waals surface area contributed by atoms with E-state index in [1.165, 1.54) is 74.7 Å². The van der Waals surface area contributed by atoms with E-state index in [0.29, 0.717) is 0 Å². The number of benzene rings is 1. The minimum absolute atomic E-state index is 0.0907. The van der Waals surface area contributed by atoms with Gasteiger partial charge in [0.2, 0.25) is 0 Å². The van der Waals surface area contributed by atoms with Crippen LogP contribution in [-0.2, 0) is 38.1 Å². The smallest absolute Gasteiger partial charge is 0.302 e. The lowest BCUT2D eigenvalue weighted by Crippen LogP contribution is -2.32. The molecule has 0 fully saturated rings. The first kappa shape index (κ1) is 25.1. The van der Waals surface area contributed by atoms with Crippen molar-refractivity contribution in [3.8, 4) is 0 Å². The van der Waals surface area contributed by atoms with Crippen molar-refractivity contribution in [1.82, 2.24) is 0 Å². The van der Waals surface area contributed by atoms with E-state index in [1.54, 1.807) is 0 Å². The van der Waals surface area contributed by atoms with Gasteiger partial charge >= 0.3 is 23.9 Å². The third-order valence-corrected chi connectivity index (χ3v) is 10.1. The minimum atomic E-state index is -0.670. The molecule has 0 bridgehead atoms. The van der Waals surface area contributed by atoms with Crippen molar-refractivity contribution in [2.75, 3.05) is 26.4 Å². The number of rotatable bonds is 8. The van der Waals surface area contributed by atoms with Gasteiger partial charge in [-0.25, -0.2) is 0 Å². The van der Waals surface area contributed by atoms with Crippen LogP contribution in [0.15, 0.2) is 31.7 Å². The van der Waals surface area contributed by atoms with Gasteiger partial charge in [-0.05, 0) is 12.1 Å². The molecule has 0 unspecified atom stereocenters. The van der Waals surface area contributed by atoms with Gasteiger partial charge in [-0.3, -0.25) is 19.2 Å². The highest BCUT2D eigenvalue weighted by molar-refractivity contribution is 8.21. The van der Waals surface area contributed by atoms with Crippen LogP contribution >= 0.6 is 47.0 Å². The summed E-state index contributed by atoms with van der Waals surface area (Å²) in [7, 11) is 0. The Labute approximate surface area is 202 Å². The summed E-state index contributed by atoms with van der Waals surface area (Å²) in [5.41, 5.74) is 0. The fourth-order valence-corrected chi connectivity index (χ4v) is 8.80. The van der Waals surface area contributed by atoms with Gasteiger partial charge in [-0.2, -0.15) is 0 Å². The number of hydrogen-bond acceptors (Lipinski definition) is 12. The standard InChI is InChI=1S/C20H22O8S4/c1-11(21)25-7-19(8-26-12(2)22)29-15-5-17-18(6-16(15)30-19)32-20(31-17,9-27-13(3)23)10-28-14(4)24/h5-6H,7-10H2,1-4H3. The lowest BCUT2D eigenvalue weighted by molar-refractivity contribution is -0.145. The lowest BCUT2D eigenvalue weighted by atomic mass is 10.3. The summed E-state index contributed by atoms with van der Waals surface area (Å²) < 4.78 is 19.7. The third kappa shape index (κ3) is 6.30. The maximum absolute atomic E-state index is 11.4. The number of thioether (sulfide) groups is 4. The quantitative estimate of drug-likeness (QED) is 0.370. The summed E-state index contributed by atoms with van der Waals surface area (Å²) in [4.78, 5) is 49.4. The molecule has 8 nitrogen and oxygen atoms in total. The molecule has 2 aliphatic heterocycles. The van der Waals surface area contributed by atoms with Gasteiger partial charge in [0.15, 0.2) is 0 Å². The molecule has 0 spiro atoms. The first-order valence-electron chi connectivity index (χ1n) is 9.49. The molecule has 2 aliphatic rings. The first-order chi connectivity index (χ1) is 15.0. The Kier molecular flexibility index (Phi) is 8.00. The van der Waals surface area contributed by atoms with Crippen molar-refractivity contribution in [3.05, 3.63) is 12.1 Å². The van der Waals surface area contributed by atoms with Crippen LogP contribution in [0.25, 0.3) is 0 Å². The Balaban J connectivity index is 1.81. The highest BCUT2D eigenvalue weighted by Crippen LogP contribution is 2.62. The second kappa shape index (κ2) is 10.2. The van der Waals surface area contributed by atoms with Crippen molar-refractivity contribution in [1.29, 1.82) is 0 Å². The van der Waals surface area contributed by atoms with E-state index in [4.69, 9.17) is 18.9 Å². The second-order valence-electron chi connectivity index (χ2n) is 7.10.